The maximum absolute atomic E-state index is 2.32. The largest absolute Gasteiger partial charge is 0.135 e. The van der Waals surface area contributed by atoms with Crippen molar-refractivity contribution in [1.29, 1.82) is 0 Å². The van der Waals surface area contributed by atoms with Crippen LogP contribution in [-0.2, 0) is 0 Å². The van der Waals surface area contributed by atoms with Gasteiger partial charge in [-0.05, 0) is 78.3 Å². The molecule has 0 radical (unpaired) electrons. The van der Waals surface area contributed by atoms with Gasteiger partial charge in [0.25, 0.3) is 0 Å². The molecule has 5 rings (SSSR count). The van der Waals surface area contributed by atoms with Gasteiger partial charge in [0.15, 0.2) is 0 Å². The first-order valence-corrected chi connectivity index (χ1v) is 11.0. The van der Waals surface area contributed by atoms with Crippen LogP contribution in [0.15, 0.2) is 72.8 Å². The van der Waals surface area contributed by atoms with Gasteiger partial charge < -0.3 is 0 Å². The van der Waals surface area contributed by atoms with E-state index in [0.29, 0.717) is 0 Å². The molecule has 0 nitrogen and oxygen atoms in total. The lowest BCUT2D eigenvalue weighted by molar-refractivity contribution is 1.34. The minimum atomic E-state index is 1.33. The number of aryl methyl sites for hydroxylation is 3. The minimum absolute atomic E-state index is 1.33. The zero-order valence-electron chi connectivity index (χ0n) is 17.3. The van der Waals surface area contributed by atoms with Gasteiger partial charge in [0, 0.05) is 20.2 Å². The van der Waals surface area contributed by atoms with Gasteiger partial charge in [-0.1, -0.05) is 66.7 Å². The average Bonchev–Trinajstić information content (AvgIpc) is 3.10. The van der Waals surface area contributed by atoms with Gasteiger partial charge >= 0.3 is 0 Å². The third-order valence-corrected chi connectivity index (χ3v) is 7.48. The summed E-state index contributed by atoms with van der Waals surface area (Å²) in [5.74, 6) is 0. The van der Waals surface area contributed by atoms with Crippen LogP contribution in [0.2, 0.25) is 0 Å². The van der Waals surface area contributed by atoms with Crippen molar-refractivity contribution in [3.05, 3.63) is 95.1 Å². The molecule has 142 valence electrons. The van der Waals surface area contributed by atoms with E-state index in [1.54, 1.807) is 0 Å². The summed E-state index contributed by atoms with van der Waals surface area (Å²) in [7, 11) is 0. The monoisotopic (exact) mass is 392 g/mol. The molecule has 0 atom stereocenters. The molecule has 0 aliphatic rings. The minimum Gasteiger partial charge on any atom is -0.135 e. The molecule has 0 aliphatic carbocycles. The Morgan fingerprint density at radius 2 is 1.21 bits per heavy atom. The second kappa shape index (κ2) is 6.86. The van der Waals surface area contributed by atoms with E-state index in [-0.39, 0.29) is 0 Å². The fourth-order valence-corrected chi connectivity index (χ4v) is 5.83. The van der Waals surface area contributed by atoms with Crippen molar-refractivity contribution in [2.45, 2.75) is 27.7 Å². The van der Waals surface area contributed by atoms with Crippen molar-refractivity contribution in [1.82, 2.24) is 0 Å². The summed E-state index contributed by atoms with van der Waals surface area (Å²) in [6.45, 7) is 8.98. The van der Waals surface area contributed by atoms with Gasteiger partial charge in [0.2, 0.25) is 0 Å². The van der Waals surface area contributed by atoms with E-state index in [1.165, 1.54) is 64.7 Å². The van der Waals surface area contributed by atoms with E-state index >= 15 is 0 Å². The van der Waals surface area contributed by atoms with Gasteiger partial charge in [-0.3, -0.25) is 0 Å². The van der Waals surface area contributed by atoms with Crippen LogP contribution in [0.25, 0.3) is 42.4 Å². The quantitative estimate of drug-likeness (QED) is 0.282. The standard InChI is InChI=1S/C28H24S/c1-17-9-5-6-10-21(17)27-18(2)13-14-22(19(27)3)23-15-16-25-24-11-7-8-12-26(24)29-28(25)20(23)4/h5-16H,1-4H3. The molecule has 0 saturated heterocycles. The van der Waals surface area contributed by atoms with Gasteiger partial charge in [-0.25, -0.2) is 0 Å². The number of fused-ring (bicyclic) bond motifs is 3. The van der Waals surface area contributed by atoms with Gasteiger partial charge in [0.1, 0.15) is 0 Å². The van der Waals surface area contributed by atoms with E-state index in [4.69, 9.17) is 0 Å². The zero-order valence-corrected chi connectivity index (χ0v) is 18.2. The summed E-state index contributed by atoms with van der Waals surface area (Å²) in [5, 5.41) is 2.74. The number of benzene rings is 4. The highest BCUT2D eigenvalue weighted by Gasteiger charge is 2.16. The van der Waals surface area contributed by atoms with Crippen molar-refractivity contribution >= 4 is 31.5 Å². The summed E-state index contributed by atoms with van der Waals surface area (Å²) < 4.78 is 2.77. The normalized spacial score (nSPS) is 11.4. The molecule has 1 heteroatoms. The molecule has 0 saturated carbocycles. The molecule has 0 aliphatic heterocycles. The molecule has 1 aromatic heterocycles. The predicted octanol–water partition coefficient (Wildman–Crippen LogP) is 8.62. The second-order valence-corrected chi connectivity index (χ2v) is 9.01. The smallest absolute Gasteiger partial charge is 0.0390 e. The molecule has 5 aromatic rings. The first-order chi connectivity index (χ1) is 14.1. The number of thiophene rings is 1. The van der Waals surface area contributed by atoms with E-state index in [9.17, 15) is 0 Å². The van der Waals surface area contributed by atoms with E-state index in [0.717, 1.165) is 0 Å². The Kier molecular flexibility index (Phi) is 4.29. The van der Waals surface area contributed by atoms with Crippen LogP contribution in [0.5, 0.6) is 0 Å². The Labute approximate surface area is 176 Å². The van der Waals surface area contributed by atoms with Crippen LogP contribution < -0.4 is 0 Å². The number of hydrogen-bond acceptors (Lipinski definition) is 1. The third kappa shape index (κ3) is 2.81. The average molecular weight is 393 g/mol. The Morgan fingerprint density at radius 3 is 2.03 bits per heavy atom. The van der Waals surface area contributed by atoms with Crippen molar-refractivity contribution in [3.8, 4) is 22.3 Å². The van der Waals surface area contributed by atoms with Crippen LogP contribution in [0.1, 0.15) is 22.3 Å². The molecular formula is C28H24S. The summed E-state index contributed by atoms with van der Waals surface area (Å²) in [6, 6.07) is 26.6. The highest BCUT2D eigenvalue weighted by Crippen LogP contribution is 2.42. The Hall–Kier alpha value is -2.90. The number of hydrogen-bond donors (Lipinski definition) is 0. The third-order valence-electron chi connectivity index (χ3n) is 6.17. The lowest BCUT2D eigenvalue weighted by Crippen LogP contribution is -1.95. The van der Waals surface area contributed by atoms with Crippen molar-refractivity contribution in [2.75, 3.05) is 0 Å². The SMILES string of the molecule is Cc1ccccc1-c1c(C)ccc(-c2ccc3c(sc4ccccc43)c2C)c1C. The van der Waals surface area contributed by atoms with E-state index < -0.39 is 0 Å². The first-order valence-electron chi connectivity index (χ1n) is 10.1. The second-order valence-electron chi connectivity index (χ2n) is 7.96. The van der Waals surface area contributed by atoms with Gasteiger partial charge in [0.05, 0.1) is 0 Å². The van der Waals surface area contributed by atoms with Crippen LogP contribution >= 0.6 is 11.3 Å². The predicted molar refractivity (Wildman–Crippen MR) is 129 cm³/mol. The lowest BCUT2D eigenvalue weighted by Gasteiger charge is -2.18. The summed E-state index contributed by atoms with van der Waals surface area (Å²) in [6.07, 6.45) is 0. The summed E-state index contributed by atoms with van der Waals surface area (Å²) in [4.78, 5) is 0. The van der Waals surface area contributed by atoms with Crippen LogP contribution in [0.3, 0.4) is 0 Å². The topological polar surface area (TPSA) is 0 Å². The van der Waals surface area contributed by atoms with E-state index in [1.807, 2.05) is 11.3 Å². The maximum atomic E-state index is 2.32. The molecule has 0 unspecified atom stereocenters. The molecule has 0 amide bonds. The molecule has 0 N–H and O–H groups in total. The van der Waals surface area contributed by atoms with Crippen LogP contribution in [0.4, 0.5) is 0 Å². The fraction of sp³-hybridized carbons (Fsp3) is 0.143. The van der Waals surface area contributed by atoms with Crippen molar-refractivity contribution in [3.63, 3.8) is 0 Å². The molecule has 0 bridgehead atoms. The molecule has 29 heavy (non-hydrogen) atoms. The van der Waals surface area contributed by atoms with Crippen molar-refractivity contribution < 1.29 is 0 Å². The highest BCUT2D eigenvalue weighted by atomic mass is 32.1. The lowest BCUT2D eigenvalue weighted by atomic mass is 9.86. The molecule has 0 spiro atoms. The molecule has 4 aromatic carbocycles. The fourth-order valence-electron chi connectivity index (χ4n) is 4.62. The first kappa shape index (κ1) is 18.1. The van der Waals surface area contributed by atoms with Crippen molar-refractivity contribution in [2.24, 2.45) is 0 Å². The highest BCUT2D eigenvalue weighted by molar-refractivity contribution is 7.26. The maximum Gasteiger partial charge on any atom is 0.0390 e. The Morgan fingerprint density at radius 1 is 0.517 bits per heavy atom. The number of rotatable bonds is 2. The van der Waals surface area contributed by atoms with Gasteiger partial charge in [-0.2, -0.15) is 0 Å². The molecule has 0 fully saturated rings. The van der Waals surface area contributed by atoms with Crippen LogP contribution in [-0.4, -0.2) is 0 Å². The zero-order chi connectivity index (χ0) is 20.1. The summed E-state index contributed by atoms with van der Waals surface area (Å²) in [5.41, 5.74) is 10.8. The summed E-state index contributed by atoms with van der Waals surface area (Å²) >= 11 is 1.91. The Bertz CT molecular complexity index is 1380. The molecule has 1 heterocycles. The van der Waals surface area contributed by atoms with E-state index in [2.05, 4.69) is 100 Å². The Balaban J connectivity index is 1.77. The van der Waals surface area contributed by atoms with Gasteiger partial charge in [-0.15, -0.1) is 11.3 Å². The molecular weight excluding hydrogens is 368 g/mol. The van der Waals surface area contributed by atoms with Crippen LogP contribution in [0, 0.1) is 27.7 Å².